The molecule has 1 aliphatic rings. The molecule has 0 radical (unpaired) electrons. The summed E-state index contributed by atoms with van der Waals surface area (Å²) in [6.45, 7) is 5.51. The van der Waals surface area contributed by atoms with Gasteiger partial charge < -0.3 is 9.84 Å². The Morgan fingerprint density at radius 2 is 2.18 bits per heavy atom. The van der Waals surface area contributed by atoms with Crippen LogP contribution in [0.25, 0.3) is 11.3 Å². The van der Waals surface area contributed by atoms with Crippen molar-refractivity contribution in [1.82, 2.24) is 10.1 Å². The van der Waals surface area contributed by atoms with Crippen LogP contribution in [-0.4, -0.2) is 28.9 Å². The van der Waals surface area contributed by atoms with E-state index in [2.05, 4.69) is 32.6 Å². The standard InChI is InChI=1S/C23H20BrClN4O3S/c1-4-10-33-23-26-21(31)19-14-8-6-7-9-17(14)28(18(30)5-2)22(29(19)27-23)15-11-13(25)12-16(24)20(15)32-3/h4,6-9,11-12,22H,1,5,10H2,2-3H3. The Kier molecular flexibility index (Phi) is 6.92. The first-order valence-corrected chi connectivity index (χ1v) is 12.3. The monoisotopic (exact) mass is 546 g/mol. The zero-order valence-electron chi connectivity index (χ0n) is 17.9. The number of carbonyl (C=O) groups excluding carboxylic acids is 1. The van der Waals surface area contributed by atoms with Crippen molar-refractivity contribution in [1.29, 1.82) is 0 Å². The smallest absolute Gasteiger partial charge is 0.296 e. The van der Waals surface area contributed by atoms with Crippen LogP contribution in [0.1, 0.15) is 25.1 Å². The van der Waals surface area contributed by atoms with Gasteiger partial charge in [0.15, 0.2) is 0 Å². The molecule has 1 amide bonds. The molecule has 1 atom stereocenters. The lowest BCUT2D eigenvalue weighted by atomic mass is 10.0. The Morgan fingerprint density at radius 1 is 1.42 bits per heavy atom. The molecule has 10 heteroatoms. The normalized spacial score (nSPS) is 14.4. The third-order valence-corrected chi connectivity index (χ3v) is 6.78. The van der Waals surface area contributed by atoms with Crippen molar-refractivity contribution in [2.24, 2.45) is 0 Å². The summed E-state index contributed by atoms with van der Waals surface area (Å²) in [7, 11) is 1.54. The Bertz CT molecular complexity index is 1260. The first-order valence-electron chi connectivity index (χ1n) is 10.1. The van der Waals surface area contributed by atoms with Gasteiger partial charge in [-0.1, -0.05) is 53.2 Å². The van der Waals surface area contributed by atoms with Crippen LogP contribution in [0.4, 0.5) is 5.69 Å². The number of methoxy groups -OCH3 is 1. The van der Waals surface area contributed by atoms with Crippen molar-refractivity contribution >= 4 is 50.9 Å². The maximum Gasteiger partial charge on any atom is 0.296 e. The lowest BCUT2D eigenvalue weighted by molar-refractivity contribution is -0.764. The zero-order chi connectivity index (χ0) is 23.7. The number of hydrogen-bond acceptors (Lipinski definition) is 6. The summed E-state index contributed by atoms with van der Waals surface area (Å²) >= 11 is 11.2. The molecule has 1 aliphatic heterocycles. The van der Waals surface area contributed by atoms with E-state index in [0.29, 0.717) is 37.8 Å². The molecule has 0 N–H and O–H groups in total. The van der Waals surface area contributed by atoms with Gasteiger partial charge in [0.1, 0.15) is 5.75 Å². The second-order valence-electron chi connectivity index (χ2n) is 7.11. The van der Waals surface area contributed by atoms with Gasteiger partial charge in [0.2, 0.25) is 5.91 Å². The highest BCUT2D eigenvalue weighted by molar-refractivity contribution is 9.10. The number of carbonyl (C=O) groups is 1. The summed E-state index contributed by atoms with van der Waals surface area (Å²) in [5, 5.41) is 18.7. The molecule has 2 heterocycles. The van der Waals surface area contributed by atoms with Crippen molar-refractivity contribution < 1.29 is 19.3 Å². The maximum atomic E-state index is 13.3. The van der Waals surface area contributed by atoms with E-state index in [0.717, 1.165) is 0 Å². The first-order chi connectivity index (χ1) is 15.9. The fourth-order valence-corrected chi connectivity index (χ4v) is 5.39. The van der Waals surface area contributed by atoms with Gasteiger partial charge in [-0.25, -0.2) is 9.88 Å². The zero-order valence-corrected chi connectivity index (χ0v) is 21.1. The molecule has 7 nitrogen and oxygen atoms in total. The van der Waals surface area contributed by atoms with Crippen LogP contribution in [0.2, 0.25) is 5.02 Å². The van der Waals surface area contributed by atoms with Crippen LogP contribution >= 0.6 is 39.3 Å². The topological polar surface area (TPSA) is 82.3 Å². The molecule has 0 bridgehead atoms. The minimum absolute atomic E-state index is 0.143. The summed E-state index contributed by atoms with van der Waals surface area (Å²) in [6.07, 6.45) is 1.14. The predicted octanol–water partition coefficient (Wildman–Crippen LogP) is 4.51. The van der Waals surface area contributed by atoms with Gasteiger partial charge >= 0.3 is 0 Å². The van der Waals surface area contributed by atoms with Crippen LogP contribution in [0.3, 0.4) is 0 Å². The van der Waals surface area contributed by atoms with Crippen LogP contribution in [0.15, 0.2) is 58.7 Å². The molecule has 33 heavy (non-hydrogen) atoms. The van der Waals surface area contributed by atoms with Gasteiger partial charge in [0, 0.05) is 22.3 Å². The first kappa shape index (κ1) is 23.5. The Balaban J connectivity index is 2.10. The van der Waals surface area contributed by atoms with E-state index in [1.165, 1.54) is 18.9 Å². The van der Waals surface area contributed by atoms with Crippen molar-refractivity contribution in [3.05, 3.63) is 64.1 Å². The van der Waals surface area contributed by atoms with Crippen LogP contribution in [-0.2, 0) is 4.79 Å². The number of benzene rings is 2. The van der Waals surface area contributed by atoms with Crippen molar-refractivity contribution in [2.75, 3.05) is 17.8 Å². The highest BCUT2D eigenvalue weighted by Gasteiger charge is 2.46. The van der Waals surface area contributed by atoms with E-state index >= 15 is 0 Å². The number of ether oxygens (including phenoxy) is 1. The van der Waals surface area contributed by atoms with Crippen LogP contribution < -0.4 is 19.4 Å². The quantitative estimate of drug-likeness (QED) is 0.257. The minimum Gasteiger partial charge on any atom is -0.854 e. The molecule has 1 unspecified atom stereocenters. The van der Waals surface area contributed by atoms with E-state index in [1.807, 2.05) is 18.2 Å². The Hall–Kier alpha value is -2.62. The maximum absolute atomic E-state index is 13.3. The second kappa shape index (κ2) is 9.70. The highest BCUT2D eigenvalue weighted by atomic mass is 79.9. The summed E-state index contributed by atoms with van der Waals surface area (Å²) in [4.78, 5) is 19.1. The molecule has 2 aromatic carbocycles. The third-order valence-electron chi connectivity index (χ3n) is 5.14. The number of aromatic nitrogens is 3. The molecule has 0 saturated heterocycles. The Labute approximate surface area is 209 Å². The molecule has 0 spiro atoms. The summed E-state index contributed by atoms with van der Waals surface area (Å²) in [5.74, 6) is 0.444. The molecule has 3 aromatic rings. The molecule has 0 saturated carbocycles. The number of halogens is 2. The predicted molar refractivity (Wildman–Crippen MR) is 130 cm³/mol. The number of hydrogen-bond donors (Lipinski definition) is 0. The summed E-state index contributed by atoms with van der Waals surface area (Å²) < 4.78 is 7.85. The van der Waals surface area contributed by atoms with Crippen molar-refractivity contribution in [2.45, 2.75) is 24.7 Å². The number of para-hydroxylation sites is 1. The van der Waals surface area contributed by atoms with Gasteiger partial charge in [0.25, 0.3) is 17.0 Å². The second-order valence-corrected chi connectivity index (χ2v) is 9.39. The highest BCUT2D eigenvalue weighted by Crippen LogP contribution is 2.45. The summed E-state index contributed by atoms with van der Waals surface area (Å²) in [6, 6.07) is 10.7. The van der Waals surface area contributed by atoms with E-state index in [1.54, 1.807) is 40.8 Å². The average Bonchev–Trinajstić information content (AvgIpc) is 2.80. The number of rotatable bonds is 6. The minimum atomic E-state index is -0.814. The van der Waals surface area contributed by atoms with Gasteiger partial charge in [-0.3, -0.25) is 4.79 Å². The van der Waals surface area contributed by atoms with E-state index < -0.39 is 12.0 Å². The van der Waals surface area contributed by atoms with Gasteiger partial charge in [-0.05, 0) is 40.2 Å². The van der Waals surface area contributed by atoms with Gasteiger partial charge in [-0.15, -0.1) is 6.58 Å². The summed E-state index contributed by atoms with van der Waals surface area (Å²) in [5.41, 5.74) is 2.05. The number of amides is 1. The van der Waals surface area contributed by atoms with Gasteiger partial charge in [-0.2, -0.15) is 0 Å². The van der Waals surface area contributed by atoms with Crippen LogP contribution in [0, 0.1) is 0 Å². The molecule has 0 fully saturated rings. The number of fused-ring (bicyclic) bond motifs is 3. The Morgan fingerprint density at radius 3 is 2.88 bits per heavy atom. The lowest BCUT2D eigenvalue weighted by Crippen LogP contribution is -2.59. The van der Waals surface area contributed by atoms with Crippen molar-refractivity contribution in [3.8, 4) is 22.9 Å². The fourth-order valence-electron chi connectivity index (χ4n) is 3.84. The van der Waals surface area contributed by atoms with E-state index in [-0.39, 0.29) is 23.2 Å². The third kappa shape index (κ3) is 4.20. The number of nitrogens with zero attached hydrogens (tertiary/aromatic N) is 4. The largest absolute Gasteiger partial charge is 0.854 e. The van der Waals surface area contributed by atoms with Gasteiger partial charge in [0.05, 0.1) is 34.3 Å². The molecule has 0 aliphatic carbocycles. The molecular weight excluding hydrogens is 528 g/mol. The number of thioether (sulfide) groups is 1. The van der Waals surface area contributed by atoms with Crippen molar-refractivity contribution in [3.63, 3.8) is 0 Å². The average molecular weight is 548 g/mol. The molecule has 170 valence electrons. The van der Waals surface area contributed by atoms with E-state index in [4.69, 9.17) is 16.3 Å². The lowest BCUT2D eigenvalue weighted by Gasteiger charge is -2.34. The fraction of sp³-hybridized carbons (Fsp3) is 0.217. The molecule has 4 rings (SSSR count). The SMILES string of the molecule is C=CCSc1nc([O-])c2[n+](n1)C(c1cc(Cl)cc(Br)c1OC)N(C(=O)CC)c1ccccc1-2. The molecule has 1 aromatic heterocycles. The van der Waals surface area contributed by atoms with E-state index in [9.17, 15) is 9.90 Å². The van der Waals surface area contributed by atoms with Crippen LogP contribution in [0.5, 0.6) is 11.6 Å². The molecular formula is C23H20BrClN4O3S. The number of anilines is 1.